The van der Waals surface area contributed by atoms with E-state index in [-0.39, 0.29) is 6.03 Å². The third-order valence-corrected chi connectivity index (χ3v) is 3.10. The Balaban J connectivity index is 1.86. The van der Waals surface area contributed by atoms with Crippen LogP contribution in [0.15, 0.2) is 42.1 Å². The number of allylic oxidation sites excluding steroid dienone is 2. The second-order valence-corrected chi connectivity index (χ2v) is 4.63. The SMILES string of the molecule is O=C(N/C1=C\CCCCCC1)Nc1ccccc1. The van der Waals surface area contributed by atoms with Gasteiger partial charge in [-0.2, -0.15) is 0 Å². The van der Waals surface area contributed by atoms with Crippen molar-refractivity contribution in [2.75, 3.05) is 5.32 Å². The molecule has 0 unspecified atom stereocenters. The van der Waals surface area contributed by atoms with Gasteiger partial charge in [-0.15, -0.1) is 0 Å². The highest BCUT2D eigenvalue weighted by atomic mass is 16.2. The summed E-state index contributed by atoms with van der Waals surface area (Å²) in [6.07, 6.45) is 9.16. The Kier molecular flexibility index (Phi) is 4.82. The van der Waals surface area contributed by atoms with Gasteiger partial charge in [-0.25, -0.2) is 4.79 Å². The molecule has 2 amide bonds. The van der Waals surface area contributed by atoms with Crippen LogP contribution in [-0.2, 0) is 0 Å². The van der Waals surface area contributed by atoms with E-state index < -0.39 is 0 Å². The highest BCUT2D eigenvalue weighted by Crippen LogP contribution is 2.15. The zero-order valence-electron chi connectivity index (χ0n) is 10.6. The van der Waals surface area contributed by atoms with Gasteiger partial charge < -0.3 is 10.6 Å². The molecule has 0 heterocycles. The van der Waals surface area contributed by atoms with Crippen molar-refractivity contribution in [2.24, 2.45) is 0 Å². The lowest BCUT2D eigenvalue weighted by Crippen LogP contribution is -2.28. The Morgan fingerprint density at radius 1 is 0.944 bits per heavy atom. The molecule has 0 aromatic heterocycles. The number of carbonyl (C=O) groups is 1. The highest BCUT2D eigenvalue weighted by molar-refractivity contribution is 5.90. The number of anilines is 1. The molecule has 1 aliphatic carbocycles. The second kappa shape index (κ2) is 6.84. The number of benzene rings is 1. The van der Waals surface area contributed by atoms with Crippen molar-refractivity contribution in [3.63, 3.8) is 0 Å². The topological polar surface area (TPSA) is 41.1 Å². The maximum atomic E-state index is 11.8. The Morgan fingerprint density at radius 3 is 2.56 bits per heavy atom. The van der Waals surface area contributed by atoms with Crippen LogP contribution in [0, 0.1) is 0 Å². The molecule has 0 fully saturated rings. The monoisotopic (exact) mass is 244 g/mol. The van der Waals surface area contributed by atoms with Crippen molar-refractivity contribution in [1.82, 2.24) is 5.32 Å². The standard InChI is InChI=1S/C15H20N2O/c18-15(17-14-11-7-4-8-12-14)16-13-9-5-2-1-3-6-10-13/h4,7-9,11-12H,1-3,5-6,10H2,(H2,16,17,18)/b13-9-. The van der Waals surface area contributed by atoms with Gasteiger partial charge in [0.15, 0.2) is 0 Å². The van der Waals surface area contributed by atoms with E-state index in [1.807, 2.05) is 30.3 Å². The summed E-state index contributed by atoms with van der Waals surface area (Å²) < 4.78 is 0. The molecular weight excluding hydrogens is 224 g/mol. The van der Waals surface area contributed by atoms with Crippen molar-refractivity contribution in [1.29, 1.82) is 0 Å². The predicted octanol–water partition coefficient (Wildman–Crippen LogP) is 4.05. The maximum Gasteiger partial charge on any atom is 0.323 e. The fourth-order valence-corrected chi connectivity index (χ4v) is 2.13. The number of carbonyl (C=O) groups excluding carboxylic acids is 1. The average molecular weight is 244 g/mol. The molecule has 3 heteroatoms. The lowest BCUT2D eigenvalue weighted by atomic mass is 10.0. The van der Waals surface area contributed by atoms with E-state index in [0.717, 1.165) is 30.6 Å². The van der Waals surface area contributed by atoms with E-state index in [1.165, 1.54) is 19.3 Å². The van der Waals surface area contributed by atoms with Crippen molar-refractivity contribution >= 4 is 11.7 Å². The molecule has 0 atom stereocenters. The minimum Gasteiger partial charge on any atom is -0.312 e. The number of urea groups is 1. The van der Waals surface area contributed by atoms with Gasteiger partial charge in [0, 0.05) is 11.4 Å². The molecule has 1 aromatic rings. The van der Waals surface area contributed by atoms with Crippen LogP contribution in [0.4, 0.5) is 10.5 Å². The molecule has 96 valence electrons. The molecule has 1 aliphatic rings. The molecule has 0 radical (unpaired) electrons. The normalized spacial score (nSPS) is 19.0. The Labute approximate surface area is 108 Å². The first kappa shape index (κ1) is 12.7. The molecule has 18 heavy (non-hydrogen) atoms. The summed E-state index contributed by atoms with van der Waals surface area (Å²) >= 11 is 0. The van der Waals surface area contributed by atoms with E-state index in [0.29, 0.717) is 0 Å². The maximum absolute atomic E-state index is 11.8. The minimum atomic E-state index is -0.145. The fourth-order valence-electron chi connectivity index (χ4n) is 2.13. The van der Waals surface area contributed by atoms with Crippen LogP contribution in [0.3, 0.4) is 0 Å². The molecule has 0 bridgehead atoms. The fraction of sp³-hybridized carbons (Fsp3) is 0.400. The molecule has 0 saturated heterocycles. The summed E-state index contributed by atoms with van der Waals surface area (Å²) in [5.74, 6) is 0. The predicted molar refractivity (Wildman–Crippen MR) is 74.4 cm³/mol. The zero-order chi connectivity index (χ0) is 12.6. The Bertz CT molecular complexity index is 412. The lowest BCUT2D eigenvalue weighted by Gasteiger charge is -2.13. The van der Waals surface area contributed by atoms with E-state index >= 15 is 0 Å². The number of amides is 2. The van der Waals surface area contributed by atoms with Crippen molar-refractivity contribution in [3.05, 3.63) is 42.1 Å². The number of hydrogen-bond donors (Lipinski definition) is 2. The van der Waals surface area contributed by atoms with Crippen LogP contribution >= 0.6 is 0 Å². The summed E-state index contributed by atoms with van der Waals surface area (Å²) in [5.41, 5.74) is 1.88. The summed E-state index contributed by atoms with van der Waals surface area (Å²) in [5, 5.41) is 5.78. The summed E-state index contributed by atoms with van der Waals surface area (Å²) in [6, 6.07) is 9.36. The smallest absolute Gasteiger partial charge is 0.312 e. The minimum absolute atomic E-state index is 0.145. The molecule has 2 N–H and O–H groups in total. The van der Waals surface area contributed by atoms with Crippen LogP contribution in [0.1, 0.15) is 38.5 Å². The van der Waals surface area contributed by atoms with Crippen LogP contribution in [0.2, 0.25) is 0 Å². The summed E-state index contributed by atoms with van der Waals surface area (Å²) in [6.45, 7) is 0. The lowest BCUT2D eigenvalue weighted by molar-refractivity contribution is 0.254. The summed E-state index contributed by atoms with van der Waals surface area (Å²) in [4.78, 5) is 11.8. The van der Waals surface area contributed by atoms with Crippen molar-refractivity contribution in [3.8, 4) is 0 Å². The highest BCUT2D eigenvalue weighted by Gasteiger charge is 2.06. The van der Waals surface area contributed by atoms with E-state index in [9.17, 15) is 4.79 Å². The molecular formula is C15H20N2O. The first-order chi connectivity index (χ1) is 8.84. The molecule has 3 nitrogen and oxygen atoms in total. The second-order valence-electron chi connectivity index (χ2n) is 4.63. The van der Waals surface area contributed by atoms with Crippen LogP contribution in [-0.4, -0.2) is 6.03 Å². The number of hydrogen-bond acceptors (Lipinski definition) is 1. The quantitative estimate of drug-likeness (QED) is 0.809. The van der Waals surface area contributed by atoms with Crippen molar-refractivity contribution < 1.29 is 4.79 Å². The third-order valence-electron chi connectivity index (χ3n) is 3.10. The average Bonchev–Trinajstić information content (AvgIpc) is 2.34. The number of rotatable bonds is 2. The van der Waals surface area contributed by atoms with Crippen LogP contribution in [0.25, 0.3) is 0 Å². The van der Waals surface area contributed by atoms with E-state index in [2.05, 4.69) is 16.7 Å². The van der Waals surface area contributed by atoms with Crippen LogP contribution in [0.5, 0.6) is 0 Å². The third kappa shape index (κ3) is 4.24. The number of para-hydroxylation sites is 1. The Hall–Kier alpha value is -1.77. The number of nitrogens with one attached hydrogen (secondary N) is 2. The van der Waals surface area contributed by atoms with Gasteiger partial charge in [-0.3, -0.25) is 0 Å². The van der Waals surface area contributed by atoms with Gasteiger partial charge in [0.2, 0.25) is 0 Å². The molecule has 0 saturated carbocycles. The zero-order valence-corrected chi connectivity index (χ0v) is 10.6. The van der Waals surface area contributed by atoms with Gasteiger partial charge in [0.1, 0.15) is 0 Å². The molecule has 0 aliphatic heterocycles. The van der Waals surface area contributed by atoms with Gasteiger partial charge >= 0.3 is 6.03 Å². The van der Waals surface area contributed by atoms with Gasteiger partial charge in [-0.05, 0) is 37.8 Å². The Morgan fingerprint density at radius 2 is 1.72 bits per heavy atom. The first-order valence-electron chi connectivity index (χ1n) is 6.67. The van der Waals surface area contributed by atoms with E-state index in [4.69, 9.17) is 0 Å². The van der Waals surface area contributed by atoms with Crippen LogP contribution < -0.4 is 10.6 Å². The molecule has 2 rings (SSSR count). The summed E-state index contributed by atoms with van der Waals surface area (Å²) in [7, 11) is 0. The van der Waals surface area contributed by atoms with Gasteiger partial charge in [-0.1, -0.05) is 37.1 Å². The van der Waals surface area contributed by atoms with Gasteiger partial charge in [0.25, 0.3) is 0 Å². The van der Waals surface area contributed by atoms with Gasteiger partial charge in [0.05, 0.1) is 0 Å². The molecule has 1 aromatic carbocycles. The largest absolute Gasteiger partial charge is 0.323 e. The first-order valence-corrected chi connectivity index (χ1v) is 6.67. The van der Waals surface area contributed by atoms with Crippen molar-refractivity contribution in [2.45, 2.75) is 38.5 Å². The molecule has 0 spiro atoms. The van der Waals surface area contributed by atoms with E-state index in [1.54, 1.807) is 0 Å².